The van der Waals surface area contributed by atoms with Crippen LogP contribution in [-0.2, 0) is 9.53 Å². The zero-order chi connectivity index (χ0) is 14.4. The van der Waals surface area contributed by atoms with Crippen LogP contribution in [0.5, 0.6) is 0 Å². The standard InChI is InChI=1S/C17H26O2/c1-7-9-11(3)13-12(4)10-16(5)14(13)17(16,6)15(18)19-8-2/h9-10,13-14H,7-8H2,1-6H3/b11-9+/t13-,14+,16-,17-/m0/s1. The summed E-state index contributed by atoms with van der Waals surface area (Å²) >= 11 is 0. The van der Waals surface area contributed by atoms with Gasteiger partial charge >= 0.3 is 5.97 Å². The Balaban J connectivity index is 2.32. The Kier molecular flexibility index (Phi) is 3.40. The third-order valence-electron chi connectivity index (χ3n) is 5.37. The molecule has 0 spiro atoms. The summed E-state index contributed by atoms with van der Waals surface area (Å²) in [7, 11) is 0. The van der Waals surface area contributed by atoms with Crippen molar-refractivity contribution in [3.63, 3.8) is 0 Å². The quantitative estimate of drug-likeness (QED) is 0.562. The van der Waals surface area contributed by atoms with E-state index in [0.717, 1.165) is 6.42 Å². The lowest BCUT2D eigenvalue weighted by Gasteiger charge is -2.22. The highest BCUT2D eigenvalue weighted by Crippen LogP contribution is 2.78. The lowest BCUT2D eigenvalue weighted by atomic mass is 9.84. The number of carbonyl (C=O) groups excluding carboxylic acids is 1. The number of allylic oxidation sites excluding steroid dienone is 4. The summed E-state index contributed by atoms with van der Waals surface area (Å²) in [6.07, 6.45) is 5.65. The average Bonchev–Trinajstić information content (AvgIpc) is 2.64. The summed E-state index contributed by atoms with van der Waals surface area (Å²) in [6, 6.07) is 0. The zero-order valence-electron chi connectivity index (χ0n) is 13.0. The maximum atomic E-state index is 12.3. The van der Waals surface area contributed by atoms with Crippen molar-refractivity contribution in [2.24, 2.45) is 22.7 Å². The van der Waals surface area contributed by atoms with Crippen molar-refractivity contribution in [2.45, 2.75) is 48.0 Å². The second-order valence-electron chi connectivity index (χ2n) is 6.41. The van der Waals surface area contributed by atoms with Crippen LogP contribution in [0.1, 0.15) is 48.0 Å². The largest absolute Gasteiger partial charge is 0.466 e. The fourth-order valence-corrected chi connectivity index (χ4v) is 4.31. The van der Waals surface area contributed by atoms with Gasteiger partial charge in [0.25, 0.3) is 0 Å². The molecule has 0 aliphatic heterocycles. The second-order valence-corrected chi connectivity index (χ2v) is 6.41. The van der Waals surface area contributed by atoms with Gasteiger partial charge in [-0.25, -0.2) is 0 Å². The molecule has 0 N–H and O–H groups in total. The molecule has 0 bridgehead atoms. The maximum Gasteiger partial charge on any atom is 0.313 e. The molecule has 0 amide bonds. The van der Waals surface area contributed by atoms with Gasteiger partial charge in [0.1, 0.15) is 0 Å². The summed E-state index contributed by atoms with van der Waals surface area (Å²) in [5.74, 6) is 0.766. The van der Waals surface area contributed by atoms with E-state index in [4.69, 9.17) is 4.74 Å². The van der Waals surface area contributed by atoms with Crippen molar-refractivity contribution in [2.75, 3.05) is 6.61 Å². The van der Waals surface area contributed by atoms with Gasteiger partial charge in [-0.2, -0.15) is 0 Å². The van der Waals surface area contributed by atoms with E-state index in [1.807, 2.05) is 6.92 Å². The first-order valence-electron chi connectivity index (χ1n) is 7.37. The smallest absolute Gasteiger partial charge is 0.313 e. The van der Waals surface area contributed by atoms with Crippen LogP contribution < -0.4 is 0 Å². The van der Waals surface area contributed by atoms with Crippen molar-refractivity contribution in [3.8, 4) is 0 Å². The number of rotatable bonds is 4. The van der Waals surface area contributed by atoms with Crippen molar-refractivity contribution < 1.29 is 9.53 Å². The predicted molar refractivity (Wildman–Crippen MR) is 77.6 cm³/mol. The molecular weight excluding hydrogens is 236 g/mol. The highest BCUT2D eigenvalue weighted by molar-refractivity contribution is 5.84. The van der Waals surface area contributed by atoms with Crippen molar-refractivity contribution in [1.82, 2.24) is 0 Å². The van der Waals surface area contributed by atoms with Crippen LogP contribution in [-0.4, -0.2) is 12.6 Å². The minimum atomic E-state index is -0.337. The Labute approximate surface area is 116 Å². The number of hydrogen-bond acceptors (Lipinski definition) is 2. The summed E-state index contributed by atoms with van der Waals surface area (Å²) in [6.45, 7) is 13.2. The minimum Gasteiger partial charge on any atom is -0.466 e. The number of hydrogen-bond donors (Lipinski definition) is 0. The second kappa shape index (κ2) is 4.50. The predicted octanol–water partition coefficient (Wildman–Crippen LogP) is 4.12. The van der Waals surface area contributed by atoms with Gasteiger partial charge in [-0.15, -0.1) is 0 Å². The Morgan fingerprint density at radius 1 is 1.42 bits per heavy atom. The summed E-state index contributed by atoms with van der Waals surface area (Å²) in [5, 5.41) is 0. The van der Waals surface area contributed by atoms with Gasteiger partial charge < -0.3 is 4.74 Å². The van der Waals surface area contributed by atoms with Crippen LogP contribution in [0.25, 0.3) is 0 Å². The molecule has 2 aliphatic rings. The van der Waals surface area contributed by atoms with E-state index in [9.17, 15) is 4.79 Å². The zero-order valence-corrected chi connectivity index (χ0v) is 13.0. The first kappa shape index (κ1) is 14.4. The molecule has 1 saturated carbocycles. The van der Waals surface area contributed by atoms with Crippen LogP contribution in [0.3, 0.4) is 0 Å². The molecule has 0 heterocycles. The molecule has 106 valence electrons. The molecular formula is C17H26O2. The van der Waals surface area contributed by atoms with Gasteiger partial charge in [0.05, 0.1) is 12.0 Å². The van der Waals surface area contributed by atoms with Crippen molar-refractivity contribution in [3.05, 3.63) is 23.3 Å². The molecule has 0 radical (unpaired) electrons. The Morgan fingerprint density at radius 2 is 2.05 bits per heavy atom. The minimum absolute atomic E-state index is 0.0170. The Hall–Kier alpha value is -1.05. The summed E-state index contributed by atoms with van der Waals surface area (Å²) in [5.41, 5.74) is 2.46. The highest BCUT2D eigenvalue weighted by Gasteiger charge is 2.79. The molecule has 1 fully saturated rings. The number of ether oxygens (including phenoxy) is 1. The van der Waals surface area contributed by atoms with Crippen LogP contribution >= 0.6 is 0 Å². The molecule has 2 heteroatoms. The van der Waals surface area contributed by atoms with Gasteiger partial charge in [0.15, 0.2) is 0 Å². The van der Waals surface area contributed by atoms with Crippen LogP contribution in [0.2, 0.25) is 0 Å². The SMILES string of the molecule is CC/C=C(\C)[C@H]1C(C)=C[C@@]2(C)[C@@H]1[C@@]2(C)C(=O)OCC. The topological polar surface area (TPSA) is 26.3 Å². The van der Waals surface area contributed by atoms with E-state index in [2.05, 4.69) is 46.8 Å². The first-order valence-corrected chi connectivity index (χ1v) is 7.37. The van der Waals surface area contributed by atoms with E-state index >= 15 is 0 Å². The van der Waals surface area contributed by atoms with E-state index in [1.165, 1.54) is 11.1 Å². The van der Waals surface area contributed by atoms with Gasteiger partial charge in [0, 0.05) is 11.3 Å². The van der Waals surface area contributed by atoms with Crippen LogP contribution in [0.15, 0.2) is 23.3 Å². The first-order chi connectivity index (χ1) is 8.84. The number of fused-ring (bicyclic) bond motifs is 1. The molecule has 0 saturated heterocycles. The highest BCUT2D eigenvalue weighted by atomic mass is 16.5. The average molecular weight is 262 g/mol. The molecule has 0 aromatic carbocycles. The number of carbonyl (C=O) groups is 1. The van der Waals surface area contributed by atoms with Gasteiger partial charge in [-0.3, -0.25) is 4.79 Å². The molecule has 2 rings (SSSR count). The third-order valence-corrected chi connectivity index (χ3v) is 5.37. The van der Waals surface area contributed by atoms with E-state index < -0.39 is 0 Å². The van der Waals surface area contributed by atoms with Crippen molar-refractivity contribution in [1.29, 1.82) is 0 Å². The van der Waals surface area contributed by atoms with Crippen LogP contribution in [0, 0.1) is 22.7 Å². The number of esters is 1. The Morgan fingerprint density at radius 3 is 2.58 bits per heavy atom. The molecule has 0 aromatic rings. The fourth-order valence-electron chi connectivity index (χ4n) is 4.31. The van der Waals surface area contributed by atoms with Gasteiger partial charge in [0.2, 0.25) is 0 Å². The normalized spacial score (nSPS) is 40.7. The maximum absolute atomic E-state index is 12.3. The summed E-state index contributed by atoms with van der Waals surface area (Å²) < 4.78 is 5.31. The fraction of sp³-hybridized carbons (Fsp3) is 0.706. The molecule has 19 heavy (non-hydrogen) atoms. The third kappa shape index (κ3) is 1.72. The monoisotopic (exact) mass is 262 g/mol. The van der Waals surface area contributed by atoms with E-state index in [1.54, 1.807) is 0 Å². The molecule has 2 nitrogen and oxygen atoms in total. The Bertz CT molecular complexity index is 460. The van der Waals surface area contributed by atoms with E-state index in [-0.39, 0.29) is 16.8 Å². The summed E-state index contributed by atoms with van der Waals surface area (Å²) in [4.78, 5) is 12.3. The van der Waals surface area contributed by atoms with Gasteiger partial charge in [-0.1, -0.05) is 37.1 Å². The van der Waals surface area contributed by atoms with Crippen molar-refractivity contribution >= 4 is 5.97 Å². The van der Waals surface area contributed by atoms with E-state index in [0.29, 0.717) is 18.4 Å². The molecule has 2 aliphatic carbocycles. The lowest BCUT2D eigenvalue weighted by Crippen LogP contribution is -2.25. The molecule has 0 unspecified atom stereocenters. The molecule has 0 aromatic heterocycles. The van der Waals surface area contributed by atoms with Gasteiger partial charge in [-0.05, 0) is 40.0 Å². The molecule has 4 atom stereocenters. The van der Waals surface area contributed by atoms with Crippen LogP contribution in [0.4, 0.5) is 0 Å². The lowest BCUT2D eigenvalue weighted by molar-refractivity contribution is -0.150.